The van der Waals surface area contributed by atoms with Gasteiger partial charge in [0, 0.05) is 22.2 Å². The van der Waals surface area contributed by atoms with Crippen LogP contribution in [0, 0.1) is 5.82 Å². The smallest absolute Gasteiger partial charge is 0.293 e. The summed E-state index contributed by atoms with van der Waals surface area (Å²) in [5.74, 6) is 0.0799. The number of benzene rings is 2. The number of hydrogen-bond donors (Lipinski definition) is 2. The maximum absolute atomic E-state index is 12.9. The summed E-state index contributed by atoms with van der Waals surface area (Å²) in [6.07, 6.45) is 0. The molecule has 0 fully saturated rings. The molecule has 0 aliphatic heterocycles. The SMILES string of the molecule is O=C(CSCc1csc(NC(=O)c2cc3ccccc3o2)n1)Nc1ccc(F)cc1. The first kappa shape index (κ1) is 20.1. The summed E-state index contributed by atoms with van der Waals surface area (Å²) in [4.78, 5) is 28.7. The molecule has 2 aromatic carbocycles. The maximum Gasteiger partial charge on any atom is 0.293 e. The zero-order valence-corrected chi connectivity index (χ0v) is 17.2. The zero-order chi connectivity index (χ0) is 20.9. The van der Waals surface area contributed by atoms with Crippen molar-refractivity contribution in [2.24, 2.45) is 0 Å². The fourth-order valence-corrected chi connectivity index (χ4v) is 4.19. The van der Waals surface area contributed by atoms with E-state index in [1.54, 1.807) is 12.1 Å². The van der Waals surface area contributed by atoms with Crippen molar-refractivity contribution in [1.82, 2.24) is 4.98 Å². The molecule has 4 rings (SSSR count). The molecule has 0 radical (unpaired) electrons. The van der Waals surface area contributed by atoms with Crippen LogP contribution in [0.15, 0.2) is 64.4 Å². The second-order valence-electron chi connectivity index (χ2n) is 6.29. The fourth-order valence-electron chi connectivity index (χ4n) is 2.66. The van der Waals surface area contributed by atoms with Crippen LogP contribution < -0.4 is 10.6 Å². The number of anilines is 2. The van der Waals surface area contributed by atoms with Crippen molar-refractivity contribution in [1.29, 1.82) is 0 Å². The predicted octanol–water partition coefficient (Wildman–Crippen LogP) is 5.15. The van der Waals surface area contributed by atoms with E-state index < -0.39 is 0 Å². The Morgan fingerprint density at radius 3 is 2.70 bits per heavy atom. The van der Waals surface area contributed by atoms with Gasteiger partial charge in [-0.2, -0.15) is 0 Å². The summed E-state index contributed by atoms with van der Waals surface area (Å²) in [6, 6.07) is 14.7. The maximum atomic E-state index is 12.9. The molecular weight excluding hydrogens is 425 g/mol. The van der Waals surface area contributed by atoms with Gasteiger partial charge in [-0.15, -0.1) is 23.1 Å². The summed E-state index contributed by atoms with van der Waals surface area (Å²) in [5.41, 5.74) is 1.96. The average molecular weight is 442 g/mol. The molecule has 0 bridgehead atoms. The van der Waals surface area contributed by atoms with Gasteiger partial charge >= 0.3 is 0 Å². The molecule has 0 unspecified atom stereocenters. The van der Waals surface area contributed by atoms with Gasteiger partial charge in [0.1, 0.15) is 11.4 Å². The number of para-hydroxylation sites is 1. The number of thioether (sulfide) groups is 1. The van der Waals surface area contributed by atoms with Gasteiger partial charge in [0.2, 0.25) is 5.91 Å². The Balaban J connectivity index is 1.26. The summed E-state index contributed by atoms with van der Waals surface area (Å²) in [7, 11) is 0. The van der Waals surface area contributed by atoms with E-state index in [4.69, 9.17) is 4.42 Å². The van der Waals surface area contributed by atoms with Crippen molar-refractivity contribution in [3.05, 3.63) is 77.2 Å². The van der Waals surface area contributed by atoms with Crippen LogP contribution in [0.2, 0.25) is 0 Å². The first-order valence-electron chi connectivity index (χ1n) is 8.94. The number of furan rings is 1. The van der Waals surface area contributed by atoms with E-state index in [1.807, 2.05) is 23.6 Å². The Morgan fingerprint density at radius 1 is 1.10 bits per heavy atom. The normalized spacial score (nSPS) is 10.8. The highest BCUT2D eigenvalue weighted by Gasteiger charge is 2.14. The second kappa shape index (κ2) is 9.10. The first-order chi connectivity index (χ1) is 14.6. The molecule has 30 heavy (non-hydrogen) atoms. The quantitative estimate of drug-likeness (QED) is 0.414. The minimum Gasteiger partial charge on any atom is -0.451 e. The van der Waals surface area contributed by atoms with Gasteiger partial charge in [0.05, 0.1) is 11.4 Å². The van der Waals surface area contributed by atoms with E-state index in [0.29, 0.717) is 22.2 Å². The third-order valence-electron chi connectivity index (χ3n) is 4.03. The van der Waals surface area contributed by atoms with Crippen LogP contribution in [-0.2, 0) is 10.5 Å². The number of amides is 2. The third kappa shape index (κ3) is 5.05. The van der Waals surface area contributed by atoms with Crippen LogP contribution in [0.4, 0.5) is 15.2 Å². The van der Waals surface area contributed by atoms with Crippen molar-refractivity contribution >= 4 is 56.7 Å². The fraction of sp³-hybridized carbons (Fsp3) is 0.0952. The van der Waals surface area contributed by atoms with Gasteiger partial charge in [-0.05, 0) is 36.4 Å². The number of carbonyl (C=O) groups is 2. The van der Waals surface area contributed by atoms with Crippen LogP contribution in [-0.4, -0.2) is 22.6 Å². The van der Waals surface area contributed by atoms with E-state index in [-0.39, 0.29) is 29.1 Å². The number of fused-ring (bicyclic) bond motifs is 1. The first-order valence-corrected chi connectivity index (χ1v) is 11.0. The summed E-state index contributed by atoms with van der Waals surface area (Å²) in [5, 5.41) is 8.59. The molecule has 2 aromatic heterocycles. The second-order valence-corrected chi connectivity index (χ2v) is 8.14. The molecule has 0 atom stereocenters. The number of carbonyl (C=O) groups excluding carboxylic acids is 2. The summed E-state index contributed by atoms with van der Waals surface area (Å²) >= 11 is 2.70. The molecule has 0 spiro atoms. The minimum absolute atomic E-state index is 0.180. The molecule has 0 saturated carbocycles. The van der Waals surface area contributed by atoms with Crippen LogP contribution in [0.1, 0.15) is 16.2 Å². The number of nitrogens with one attached hydrogen (secondary N) is 2. The molecule has 0 aliphatic carbocycles. The summed E-state index contributed by atoms with van der Waals surface area (Å²) in [6.45, 7) is 0. The molecule has 2 heterocycles. The standard InChI is InChI=1S/C21H16FN3O3S2/c22-14-5-7-15(8-6-14)23-19(26)12-29-10-16-11-30-21(24-16)25-20(27)18-9-13-3-1-2-4-17(13)28-18/h1-9,11H,10,12H2,(H,23,26)(H,24,25,27). The number of hydrogen-bond acceptors (Lipinski definition) is 6. The van der Waals surface area contributed by atoms with Crippen molar-refractivity contribution in [2.45, 2.75) is 5.75 Å². The van der Waals surface area contributed by atoms with Gasteiger partial charge < -0.3 is 9.73 Å². The van der Waals surface area contributed by atoms with Crippen LogP contribution >= 0.6 is 23.1 Å². The Labute approximate surface area is 179 Å². The molecule has 0 aliphatic rings. The molecule has 0 saturated heterocycles. The van der Waals surface area contributed by atoms with Gasteiger partial charge in [-0.3, -0.25) is 14.9 Å². The van der Waals surface area contributed by atoms with Gasteiger partial charge in [0.25, 0.3) is 5.91 Å². The van der Waals surface area contributed by atoms with E-state index >= 15 is 0 Å². The van der Waals surface area contributed by atoms with Crippen molar-refractivity contribution in [2.75, 3.05) is 16.4 Å². The Bertz CT molecular complexity index is 1150. The lowest BCUT2D eigenvalue weighted by Gasteiger charge is -2.04. The lowest BCUT2D eigenvalue weighted by molar-refractivity contribution is -0.113. The van der Waals surface area contributed by atoms with Gasteiger partial charge in [-0.25, -0.2) is 9.37 Å². The number of thiazole rings is 1. The molecule has 2 amide bonds. The molecule has 2 N–H and O–H groups in total. The average Bonchev–Trinajstić information content (AvgIpc) is 3.36. The molecule has 4 aromatic rings. The number of nitrogens with zero attached hydrogens (tertiary/aromatic N) is 1. The highest BCUT2D eigenvalue weighted by Crippen LogP contribution is 2.23. The Kier molecular flexibility index (Phi) is 6.10. The van der Waals surface area contributed by atoms with E-state index in [9.17, 15) is 14.0 Å². The van der Waals surface area contributed by atoms with Crippen LogP contribution in [0.3, 0.4) is 0 Å². The van der Waals surface area contributed by atoms with Crippen LogP contribution in [0.25, 0.3) is 11.0 Å². The summed E-state index contributed by atoms with van der Waals surface area (Å²) < 4.78 is 18.4. The lowest BCUT2D eigenvalue weighted by Crippen LogP contribution is -2.14. The highest BCUT2D eigenvalue weighted by molar-refractivity contribution is 7.99. The van der Waals surface area contributed by atoms with Crippen LogP contribution in [0.5, 0.6) is 0 Å². The van der Waals surface area contributed by atoms with Crippen molar-refractivity contribution in [3.8, 4) is 0 Å². The molecule has 152 valence electrons. The van der Waals surface area contributed by atoms with Crippen molar-refractivity contribution < 1.29 is 18.4 Å². The number of rotatable bonds is 7. The molecular formula is C21H16FN3O3S2. The van der Waals surface area contributed by atoms with Gasteiger partial charge in [-0.1, -0.05) is 18.2 Å². The molecule has 6 nitrogen and oxygen atoms in total. The lowest BCUT2D eigenvalue weighted by atomic mass is 10.2. The zero-order valence-electron chi connectivity index (χ0n) is 15.6. The van der Waals surface area contributed by atoms with E-state index in [1.165, 1.54) is 47.4 Å². The number of aromatic nitrogens is 1. The predicted molar refractivity (Wildman–Crippen MR) is 117 cm³/mol. The third-order valence-corrected chi connectivity index (χ3v) is 5.81. The Morgan fingerprint density at radius 2 is 1.90 bits per heavy atom. The van der Waals surface area contributed by atoms with Gasteiger partial charge in [0.15, 0.2) is 10.9 Å². The molecule has 9 heteroatoms. The van der Waals surface area contributed by atoms with E-state index in [0.717, 1.165) is 11.1 Å². The Hall–Kier alpha value is -3.17. The largest absolute Gasteiger partial charge is 0.451 e. The number of halogens is 1. The van der Waals surface area contributed by atoms with E-state index in [2.05, 4.69) is 15.6 Å². The minimum atomic E-state index is -0.363. The highest BCUT2D eigenvalue weighted by atomic mass is 32.2. The van der Waals surface area contributed by atoms with Crippen molar-refractivity contribution in [3.63, 3.8) is 0 Å². The topological polar surface area (TPSA) is 84.2 Å². The monoisotopic (exact) mass is 441 g/mol.